The highest BCUT2D eigenvalue weighted by atomic mass is 35.5. The van der Waals surface area contributed by atoms with Crippen molar-refractivity contribution in [1.82, 2.24) is 0 Å². The van der Waals surface area contributed by atoms with Gasteiger partial charge in [0.25, 0.3) is 0 Å². The van der Waals surface area contributed by atoms with Gasteiger partial charge in [0.05, 0.1) is 6.61 Å². The van der Waals surface area contributed by atoms with E-state index in [4.69, 9.17) is 35.3 Å². The lowest BCUT2D eigenvalue weighted by molar-refractivity contribution is -0.254. The minimum absolute atomic E-state index is 0.307. The third-order valence-corrected chi connectivity index (χ3v) is 4.93. The van der Waals surface area contributed by atoms with E-state index in [1.165, 1.54) is 13.0 Å². The van der Waals surface area contributed by atoms with Gasteiger partial charge in [0.15, 0.2) is 18.3 Å². The Balaban J connectivity index is 2.58. The molecule has 0 saturated carbocycles. The van der Waals surface area contributed by atoms with Crippen molar-refractivity contribution in [3.8, 4) is 0 Å². The fraction of sp³-hybridized carbons (Fsp3) is 0.524. The van der Waals surface area contributed by atoms with Gasteiger partial charge in [-0.15, -0.1) is 0 Å². The minimum Gasteiger partial charge on any atom is -0.463 e. The van der Waals surface area contributed by atoms with Gasteiger partial charge in [-0.25, -0.2) is 0 Å². The smallest absolute Gasteiger partial charge is 0.303 e. The third kappa shape index (κ3) is 6.65. The molecule has 1 aromatic carbocycles. The lowest BCUT2D eigenvalue weighted by atomic mass is 9.90. The zero-order valence-corrected chi connectivity index (χ0v) is 18.8. The van der Waals surface area contributed by atoms with E-state index in [0.717, 1.165) is 20.8 Å². The highest BCUT2D eigenvalue weighted by Crippen LogP contribution is 2.38. The van der Waals surface area contributed by atoms with Crippen LogP contribution in [0.2, 0.25) is 5.02 Å². The number of benzene rings is 1. The Morgan fingerprint density at radius 1 is 0.906 bits per heavy atom. The van der Waals surface area contributed by atoms with Crippen LogP contribution in [0.25, 0.3) is 0 Å². The predicted octanol–water partition coefficient (Wildman–Crippen LogP) is 1.63. The second-order valence-corrected chi connectivity index (χ2v) is 7.54. The van der Waals surface area contributed by atoms with Gasteiger partial charge in [0.1, 0.15) is 18.8 Å². The Bertz CT molecular complexity index is 870. The monoisotopic (exact) mass is 472 g/mol. The van der Waals surface area contributed by atoms with Crippen LogP contribution in [0.1, 0.15) is 44.9 Å². The number of carbonyl (C=O) groups excluding carboxylic acids is 4. The summed E-state index contributed by atoms with van der Waals surface area (Å²) in [5.74, 6) is -2.73. The van der Waals surface area contributed by atoms with Crippen molar-refractivity contribution in [3.63, 3.8) is 0 Å². The summed E-state index contributed by atoms with van der Waals surface area (Å²) in [6, 6.07) is 4.66. The summed E-state index contributed by atoms with van der Waals surface area (Å²) in [5, 5.41) is 9.87. The van der Waals surface area contributed by atoms with E-state index in [-0.39, 0.29) is 13.2 Å². The van der Waals surface area contributed by atoms with E-state index in [1.54, 1.807) is 12.1 Å². The number of halogens is 1. The first kappa shape index (κ1) is 25.6. The molecular weight excluding hydrogens is 448 g/mol. The van der Waals surface area contributed by atoms with Crippen molar-refractivity contribution in [2.45, 2.75) is 64.8 Å². The van der Waals surface area contributed by atoms with Gasteiger partial charge in [-0.3, -0.25) is 19.2 Å². The molecule has 0 aromatic heterocycles. The summed E-state index contributed by atoms with van der Waals surface area (Å²) in [7, 11) is 0. The molecule has 32 heavy (non-hydrogen) atoms. The molecule has 0 radical (unpaired) electrons. The molecule has 1 heterocycles. The Morgan fingerprint density at radius 3 is 2.00 bits per heavy atom. The van der Waals surface area contributed by atoms with Gasteiger partial charge in [-0.2, -0.15) is 0 Å². The molecule has 0 amide bonds. The summed E-state index contributed by atoms with van der Waals surface area (Å²) < 4.78 is 27.2. The Morgan fingerprint density at radius 2 is 1.47 bits per heavy atom. The van der Waals surface area contributed by atoms with Crippen molar-refractivity contribution in [2.24, 2.45) is 0 Å². The number of hydrogen-bond acceptors (Lipinski definition) is 10. The molecule has 10 nitrogen and oxygen atoms in total. The molecule has 0 spiro atoms. The van der Waals surface area contributed by atoms with Crippen LogP contribution in [0.4, 0.5) is 0 Å². The van der Waals surface area contributed by atoms with E-state index in [2.05, 4.69) is 0 Å². The molecule has 176 valence electrons. The SMILES string of the molecule is CC(=O)OCC1O[C@@H](c2ccc(Cl)c(CO)c2)C(OC(C)=O)C(OC(C)=O)[C@@H]1OC(C)=O. The number of aliphatic hydroxyl groups excluding tert-OH is 1. The molecule has 3 unspecified atom stereocenters. The third-order valence-electron chi connectivity index (χ3n) is 4.56. The zero-order valence-electron chi connectivity index (χ0n) is 18.0. The molecule has 11 heteroatoms. The fourth-order valence-electron chi connectivity index (χ4n) is 3.39. The maximum atomic E-state index is 11.9. The van der Waals surface area contributed by atoms with Crippen LogP contribution in [0.15, 0.2) is 18.2 Å². The van der Waals surface area contributed by atoms with Gasteiger partial charge in [0.2, 0.25) is 0 Å². The summed E-state index contributed by atoms with van der Waals surface area (Å²) in [4.78, 5) is 46.8. The molecule has 1 aromatic rings. The van der Waals surface area contributed by atoms with E-state index in [1.807, 2.05) is 0 Å². The molecular formula is C21H25ClO10. The summed E-state index contributed by atoms with van der Waals surface area (Å²) in [5.41, 5.74) is 0.827. The van der Waals surface area contributed by atoms with Gasteiger partial charge < -0.3 is 28.8 Å². The van der Waals surface area contributed by atoms with Crippen molar-refractivity contribution in [1.29, 1.82) is 0 Å². The van der Waals surface area contributed by atoms with Crippen LogP contribution in [0.3, 0.4) is 0 Å². The van der Waals surface area contributed by atoms with E-state index >= 15 is 0 Å². The van der Waals surface area contributed by atoms with Crippen molar-refractivity contribution in [2.75, 3.05) is 6.61 Å². The maximum Gasteiger partial charge on any atom is 0.303 e. The number of carbonyl (C=O) groups is 4. The van der Waals surface area contributed by atoms with Crippen LogP contribution in [-0.2, 0) is 49.5 Å². The predicted molar refractivity (Wildman–Crippen MR) is 108 cm³/mol. The van der Waals surface area contributed by atoms with Crippen LogP contribution in [0.5, 0.6) is 0 Å². The van der Waals surface area contributed by atoms with Crippen molar-refractivity contribution < 1.29 is 48.0 Å². The average molecular weight is 473 g/mol. The first-order valence-corrected chi connectivity index (χ1v) is 10.1. The van der Waals surface area contributed by atoms with Crippen molar-refractivity contribution >= 4 is 35.5 Å². The Labute approximate surface area is 189 Å². The van der Waals surface area contributed by atoms with E-state index in [9.17, 15) is 24.3 Å². The molecule has 1 N–H and O–H groups in total. The maximum absolute atomic E-state index is 11.9. The lowest BCUT2D eigenvalue weighted by Gasteiger charge is -2.44. The molecule has 1 aliphatic heterocycles. The summed E-state index contributed by atoms with van der Waals surface area (Å²) in [6.07, 6.45) is -5.81. The molecule has 1 aliphatic rings. The second kappa shape index (κ2) is 11.3. The number of hydrogen-bond donors (Lipinski definition) is 1. The zero-order chi connectivity index (χ0) is 24.0. The highest BCUT2D eigenvalue weighted by molar-refractivity contribution is 6.31. The lowest BCUT2D eigenvalue weighted by Crippen LogP contribution is -2.59. The quantitative estimate of drug-likeness (QED) is 0.460. The van der Waals surface area contributed by atoms with Crippen LogP contribution in [0, 0.1) is 0 Å². The van der Waals surface area contributed by atoms with E-state index in [0.29, 0.717) is 16.1 Å². The molecule has 0 aliphatic carbocycles. The number of aliphatic hydroxyl groups is 1. The largest absolute Gasteiger partial charge is 0.463 e. The first-order valence-electron chi connectivity index (χ1n) is 9.73. The van der Waals surface area contributed by atoms with Gasteiger partial charge in [0, 0.05) is 32.7 Å². The van der Waals surface area contributed by atoms with Crippen LogP contribution in [-0.4, -0.2) is 60.0 Å². The second-order valence-electron chi connectivity index (χ2n) is 7.13. The first-order chi connectivity index (χ1) is 15.0. The van der Waals surface area contributed by atoms with E-state index < -0.39 is 54.4 Å². The average Bonchev–Trinajstić information content (AvgIpc) is 2.69. The molecule has 1 fully saturated rings. The normalized spacial score (nSPS) is 24.9. The Kier molecular flexibility index (Phi) is 8.99. The molecule has 0 bridgehead atoms. The molecule has 5 atom stereocenters. The van der Waals surface area contributed by atoms with Gasteiger partial charge in [-0.05, 0) is 23.3 Å². The highest BCUT2D eigenvalue weighted by Gasteiger charge is 2.52. The van der Waals surface area contributed by atoms with Crippen LogP contribution < -0.4 is 0 Å². The number of rotatable bonds is 7. The van der Waals surface area contributed by atoms with Crippen LogP contribution >= 0.6 is 11.6 Å². The van der Waals surface area contributed by atoms with Crippen molar-refractivity contribution in [3.05, 3.63) is 34.3 Å². The standard InChI is InChI=1S/C21H25ClO10/c1-10(24)28-9-17-19(29-11(2)25)21(31-13(4)27)20(30-12(3)26)18(32-17)14-5-6-16(22)15(7-14)8-23/h5-7,17-21,23H,8-9H2,1-4H3/t17?,18-,19+,20?,21?/m0/s1. The molecule has 2 rings (SSSR count). The number of ether oxygens (including phenoxy) is 5. The minimum atomic E-state index is -1.27. The number of esters is 4. The van der Waals surface area contributed by atoms with Gasteiger partial charge >= 0.3 is 23.9 Å². The fourth-order valence-corrected chi connectivity index (χ4v) is 3.57. The van der Waals surface area contributed by atoms with Gasteiger partial charge in [-0.1, -0.05) is 17.7 Å². The summed E-state index contributed by atoms with van der Waals surface area (Å²) in [6.45, 7) is 3.96. The molecule has 1 saturated heterocycles. The topological polar surface area (TPSA) is 135 Å². The Hall–Kier alpha value is -2.69. The summed E-state index contributed by atoms with van der Waals surface area (Å²) >= 11 is 6.08.